The van der Waals surface area contributed by atoms with Gasteiger partial charge >= 0.3 is 11.9 Å². The Kier molecular flexibility index (Phi) is 8.42. The van der Waals surface area contributed by atoms with Gasteiger partial charge in [0.1, 0.15) is 18.3 Å². The smallest absolute Gasteiger partial charge is 0.303 e. The molecule has 0 N–H and O–H groups in total. The van der Waals surface area contributed by atoms with E-state index in [2.05, 4.69) is 13.2 Å². The van der Waals surface area contributed by atoms with Crippen LogP contribution < -0.4 is 0 Å². The molecule has 0 aliphatic carbocycles. The zero-order valence-corrected chi connectivity index (χ0v) is 16.4. The van der Waals surface area contributed by atoms with E-state index in [0.717, 1.165) is 5.56 Å². The van der Waals surface area contributed by atoms with Gasteiger partial charge < -0.3 is 18.9 Å². The fourth-order valence-electron chi connectivity index (χ4n) is 3.32. The van der Waals surface area contributed by atoms with E-state index in [1.807, 2.05) is 30.3 Å². The average Bonchev–Trinajstić information content (AvgIpc) is 2.65. The van der Waals surface area contributed by atoms with Crippen molar-refractivity contribution in [3.05, 3.63) is 61.2 Å². The molecule has 1 aromatic rings. The van der Waals surface area contributed by atoms with Crippen LogP contribution in [0.5, 0.6) is 0 Å². The second-order valence-corrected chi connectivity index (χ2v) is 6.67. The number of hydrogen-bond acceptors (Lipinski definition) is 6. The first-order chi connectivity index (χ1) is 13.5. The normalized spacial score (nSPS) is 26.9. The van der Waals surface area contributed by atoms with Crippen molar-refractivity contribution in [3.63, 3.8) is 0 Å². The second-order valence-electron chi connectivity index (χ2n) is 6.67. The first kappa shape index (κ1) is 21.9. The lowest BCUT2D eigenvalue weighted by molar-refractivity contribution is -0.250. The van der Waals surface area contributed by atoms with Gasteiger partial charge in [-0.3, -0.25) is 9.59 Å². The van der Waals surface area contributed by atoms with Gasteiger partial charge in [-0.25, -0.2) is 0 Å². The van der Waals surface area contributed by atoms with Gasteiger partial charge in [0.15, 0.2) is 12.2 Å². The fraction of sp³-hybridized carbons (Fsp3) is 0.455. The maximum absolute atomic E-state index is 11.7. The molecule has 28 heavy (non-hydrogen) atoms. The first-order valence-electron chi connectivity index (χ1n) is 9.33. The standard InChI is InChI=1S/C22H28O6/c1-5-10-18-20(26-15(3)23)22(25-14-17-12-8-7-9-13-17)21(27-16(4)24)19(28-18)11-6-2/h5-9,12-13,18-22H,1-2,10-11,14H2,3-4H3/t18-,19+,20-,21+,22?. The van der Waals surface area contributed by atoms with Crippen molar-refractivity contribution in [2.45, 2.75) is 63.8 Å². The van der Waals surface area contributed by atoms with Crippen molar-refractivity contribution in [1.82, 2.24) is 0 Å². The third-order valence-corrected chi connectivity index (χ3v) is 4.42. The molecule has 0 spiro atoms. The van der Waals surface area contributed by atoms with Crippen LogP contribution in [0.1, 0.15) is 32.3 Å². The Morgan fingerprint density at radius 1 is 0.929 bits per heavy atom. The number of esters is 2. The van der Waals surface area contributed by atoms with Crippen LogP contribution in [0.15, 0.2) is 55.6 Å². The molecular weight excluding hydrogens is 360 g/mol. The molecule has 1 aromatic carbocycles. The summed E-state index contributed by atoms with van der Waals surface area (Å²) in [6.45, 7) is 10.5. The number of hydrogen-bond donors (Lipinski definition) is 0. The summed E-state index contributed by atoms with van der Waals surface area (Å²) < 4.78 is 23.3. The Morgan fingerprint density at radius 3 is 1.86 bits per heavy atom. The highest BCUT2D eigenvalue weighted by atomic mass is 16.6. The van der Waals surface area contributed by atoms with Gasteiger partial charge in [0, 0.05) is 13.8 Å². The summed E-state index contributed by atoms with van der Waals surface area (Å²) in [4.78, 5) is 23.5. The molecule has 0 bridgehead atoms. The van der Waals surface area contributed by atoms with Gasteiger partial charge in [-0.2, -0.15) is 0 Å². The summed E-state index contributed by atoms with van der Waals surface area (Å²) in [5.74, 6) is -0.917. The molecule has 0 saturated carbocycles. The topological polar surface area (TPSA) is 71.1 Å². The summed E-state index contributed by atoms with van der Waals surface area (Å²) in [6.07, 6.45) is 1.26. The lowest BCUT2D eigenvalue weighted by Crippen LogP contribution is -2.60. The molecule has 1 unspecified atom stereocenters. The Labute approximate surface area is 166 Å². The van der Waals surface area contributed by atoms with Gasteiger partial charge in [0.25, 0.3) is 0 Å². The maximum atomic E-state index is 11.7. The van der Waals surface area contributed by atoms with Crippen LogP contribution in [-0.2, 0) is 35.1 Å². The van der Waals surface area contributed by atoms with Crippen molar-refractivity contribution in [2.75, 3.05) is 0 Å². The Morgan fingerprint density at radius 2 is 1.43 bits per heavy atom. The fourth-order valence-corrected chi connectivity index (χ4v) is 3.32. The van der Waals surface area contributed by atoms with E-state index in [9.17, 15) is 9.59 Å². The summed E-state index contributed by atoms with van der Waals surface area (Å²) >= 11 is 0. The van der Waals surface area contributed by atoms with E-state index >= 15 is 0 Å². The second kappa shape index (κ2) is 10.8. The van der Waals surface area contributed by atoms with Gasteiger partial charge in [-0.1, -0.05) is 42.5 Å². The number of benzene rings is 1. The highest BCUT2D eigenvalue weighted by molar-refractivity contribution is 5.67. The number of carbonyl (C=O) groups excluding carboxylic acids is 2. The molecule has 0 aromatic heterocycles. The molecule has 5 atom stereocenters. The number of carbonyl (C=O) groups is 2. The monoisotopic (exact) mass is 388 g/mol. The first-order valence-corrected chi connectivity index (χ1v) is 9.33. The van der Waals surface area contributed by atoms with Crippen molar-refractivity contribution in [2.24, 2.45) is 0 Å². The highest BCUT2D eigenvalue weighted by Crippen LogP contribution is 2.32. The van der Waals surface area contributed by atoms with E-state index in [1.54, 1.807) is 12.2 Å². The van der Waals surface area contributed by atoms with Crippen molar-refractivity contribution in [1.29, 1.82) is 0 Å². The van der Waals surface area contributed by atoms with Crippen LogP contribution in [-0.4, -0.2) is 42.5 Å². The SMILES string of the molecule is C=CC[C@@H]1O[C@H](CC=C)[C@@H](OC(C)=O)C(OCc2ccccc2)[C@H]1OC(C)=O. The summed E-state index contributed by atoms with van der Waals surface area (Å²) in [5, 5.41) is 0. The zero-order valence-electron chi connectivity index (χ0n) is 16.4. The molecule has 0 amide bonds. The lowest BCUT2D eigenvalue weighted by atomic mass is 9.91. The van der Waals surface area contributed by atoms with Crippen molar-refractivity contribution in [3.8, 4) is 0 Å². The van der Waals surface area contributed by atoms with Crippen LogP contribution in [0.2, 0.25) is 0 Å². The van der Waals surface area contributed by atoms with E-state index in [1.165, 1.54) is 13.8 Å². The summed E-state index contributed by atoms with van der Waals surface area (Å²) in [7, 11) is 0. The summed E-state index contributed by atoms with van der Waals surface area (Å²) in [5.41, 5.74) is 0.956. The minimum absolute atomic E-state index is 0.280. The molecule has 1 fully saturated rings. The maximum Gasteiger partial charge on any atom is 0.303 e. The molecule has 1 heterocycles. The molecule has 152 valence electrons. The number of ether oxygens (including phenoxy) is 4. The van der Waals surface area contributed by atoms with Crippen molar-refractivity contribution >= 4 is 11.9 Å². The predicted molar refractivity (Wildman–Crippen MR) is 104 cm³/mol. The Hall–Kier alpha value is -2.44. The number of rotatable bonds is 9. The van der Waals surface area contributed by atoms with Crippen molar-refractivity contribution < 1.29 is 28.5 Å². The van der Waals surface area contributed by atoms with Crippen LogP contribution >= 0.6 is 0 Å². The lowest BCUT2D eigenvalue weighted by Gasteiger charge is -2.45. The molecule has 1 saturated heterocycles. The molecule has 1 aliphatic rings. The third kappa shape index (κ3) is 6.04. The Balaban J connectivity index is 2.34. The molecule has 1 aliphatic heterocycles. The highest BCUT2D eigenvalue weighted by Gasteiger charge is 2.49. The molecule has 0 radical (unpaired) electrons. The van der Waals surface area contributed by atoms with E-state index < -0.39 is 42.5 Å². The predicted octanol–water partition coefficient (Wildman–Crippen LogP) is 3.35. The minimum atomic E-state index is -0.732. The van der Waals surface area contributed by atoms with Crippen LogP contribution in [0.4, 0.5) is 0 Å². The summed E-state index contributed by atoms with van der Waals surface area (Å²) in [6, 6.07) is 9.61. The largest absolute Gasteiger partial charge is 0.457 e. The molecular formula is C22H28O6. The van der Waals surface area contributed by atoms with Gasteiger partial charge in [-0.05, 0) is 18.4 Å². The van der Waals surface area contributed by atoms with Crippen LogP contribution in [0, 0.1) is 0 Å². The van der Waals surface area contributed by atoms with Crippen LogP contribution in [0.3, 0.4) is 0 Å². The van der Waals surface area contributed by atoms with Gasteiger partial charge in [0.05, 0.1) is 6.61 Å². The molecule has 6 heteroatoms. The Bertz CT molecular complexity index is 635. The van der Waals surface area contributed by atoms with E-state index in [0.29, 0.717) is 12.8 Å². The van der Waals surface area contributed by atoms with E-state index in [4.69, 9.17) is 18.9 Å². The van der Waals surface area contributed by atoms with E-state index in [-0.39, 0.29) is 6.61 Å². The van der Waals surface area contributed by atoms with Crippen LogP contribution in [0.25, 0.3) is 0 Å². The average molecular weight is 388 g/mol. The van der Waals surface area contributed by atoms with Gasteiger partial charge in [0.2, 0.25) is 0 Å². The third-order valence-electron chi connectivity index (χ3n) is 4.42. The molecule has 6 nitrogen and oxygen atoms in total. The molecule has 2 rings (SSSR count). The van der Waals surface area contributed by atoms with Gasteiger partial charge in [-0.15, -0.1) is 13.2 Å². The zero-order chi connectivity index (χ0) is 20.5. The quantitative estimate of drug-likeness (QED) is 0.477. The minimum Gasteiger partial charge on any atom is -0.457 e.